The van der Waals surface area contributed by atoms with Crippen molar-refractivity contribution < 1.29 is 0 Å². The summed E-state index contributed by atoms with van der Waals surface area (Å²) in [6, 6.07) is 13.0. The first-order valence-corrected chi connectivity index (χ1v) is 6.76. The van der Waals surface area contributed by atoms with Crippen LogP contribution in [0.25, 0.3) is 0 Å². The molecule has 1 aromatic heterocycles. The molecule has 1 aromatic carbocycles. The van der Waals surface area contributed by atoms with Crippen molar-refractivity contribution in [3.8, 4) is 0 Å². The average Bonchev–Trinajstić information content (AvgIpc) is 2.46. The van der Waals surface area contributed by atoms with Gasteiger partial charge >= 0.3 is 0 Å². The molecule has 0 saturated carbocycles. The molecular weight excluding hydrogens is 234 g/mol. The molecule has 0 bridgehead atoms. The summed E-state index contributed by atoms with van der Waals surface area (Å²) in [7, 11) is 0. The molecule has 1 N–H and O–H groups in total. The van der Waals surface area contributed by atoms with E-state index in [0.29, 0.717) is 12.0 Å². The van der Waals surface area contributed by atoms with Gasteiger partial charge in [0.25, 0.3) is 0 Å². The second-order valence-corrected chi connectivity index (χ2v) is 5.14. The van der Waals surface area contributed by atoms with E-state index < -0.39 is 0 Å². The lowest BCUT2D eigenvalue weighted by Crippen LogP contribution is -2.18. The van der Waals surface area contributed by atoms with Gasteiger partial charge in [-0.3, -0.25) is 0 Å². The molecule has 1 atom stereocenters. The van der Waals surface area contributed by atoms with E-state index in [1.54, 1.807) is 6.20 Å². The van der Waals surface area contributed by atoms with Crippen molar-refractivity contribution >= 4 is 0 Å². The van der Waals surface area contributed by atoms with Gasteiger partial charge < -0.3 is 5.32 Å². The number of rotatable bonds is 5. The third-order valence-corrected chi connectivity index (χ3v) is 3.32. The predicted octanol–water partition coefficient (Wildman–Crippen LogP) is 3.45. The molecule has 19 heavy (non-hydrogen) atoms. The minimum atomic E-state index is 0.309. The topological polar surface area (TPSA) is 37.8 Å². The molecule has 0 aliphatic carbocycles. The largest absolute Gasteiger partial charge is 0.304 e. The Labute approximate surface area is 115 Å². The van der Waals surface area contributed by atoms with Crippen LogP contribution in [0.4, 0.5) is 0 Å². The second-order valence-electron chi connectivity index (χ2n) is 5.14. The van der Waals surface area contributed by atoms with E-state index in [4.69, 9.17) is 0 Å². The quantitative estimate of drug-likeness (QED) is 0.889. The SMILES string of the molecule is CC(C)c1ccc(C(C)NCc2cccnn2)cc1. The zero-order valence-corrected chi connectivity index (χ0v) is 11.8. The van der Waals surface area contributed by atoms with E-state index in [9.17, 15) is 0 Å². The van der Waals surface area contributed by atoms with Crippen LogP contribution in [0.1, 0.15) is 49.6 Å². The molecule has 3 nitrogen and oxygen atoms in total. The molecule has 2 aromatic rings. The van der Waals surface area contributed by atoms with E-state index in [2.05, 4.69) is 60.6 Å². The highest BCUT2D eigenvalue weighted by Crippen LogP contribution is 2.18. The van der Waals surface area contributed by atoms with Gasteiger partial charge in [-0.1, -0.05) is 38.1 Å². The van der Waals surface area contributed by atoms with Gasteiger partial charge in [0.1, 0.15) is 0 Å². The summed E-state index contributed by atoms with van der Waals surface area (Å²) in [6.07, 6.45) is 1.69. The number of benzene rings is 1. The summed E-state index contributed by atoms with van der Waals surface area (Å²) < 4.78 is 0. The fourth-order valence-corrected chi connectivity index (χ4v) is 1.97. The summed E-state index contributed by atoms with van der Waals surface area (Å²) >= 11 is 0. The number of hydrogen-bond donors (Lipinski definition) is 1. The first-order valence-electron chi connectivity index (χ1n) is 6.76. The lowest BCUT2D eigenvalue weighted by Gasteiger charge is -2.15. The van der Waals surface area contributed by atoms with Gasteiger partial charge in [0, 0.05) is 18.8 Å². The average molecular weight is 255 g/mol. The Morgan fingerprint density at radius 1 is 1.00 bits per heavy atom. The van der Waals surface area contributed by atoms with E-state index in [0.717, 1.165) is 12.2 Å². The fourth-order valence-electron chi connectivity index (χ4n) is 1.97. The van der Waals surface area contributed by atoms with Crippen molar-refractivity contribution in [2.24, 2.45) is 0 Å². The molecule has 0 spiro atoms. The second kappa shape index (κ2) is 6.43. The molecule has 1 heterocycles. The highest BCUT2D eigenvalue weighted by molar-refractivity contribution is 5.26. The molecule has 0 radical (unpaired) electrons. The molecule has 0 amide bonds. The Morgan fingerprint density at radius 2 is 1.68 bits per heavy atom. The molecule has 100 valence electrons. The predicted molar refractivity (Wildman–Crippen MR) is 77.8 cm³/mol. The highest BCUT2D eigenvalue weighted by atomic mass is 15.1. The van der Waals surface area contributed by atoms with Crippen LogP contribution in [0, 0.1) is 0 Å². The number of hydrogen-bond acceptors (Lipinski definition) is 3. The summed E-state index contributed by atoms with van der Waals surface area (Å²) in [5, 5.41) is 11.4. The molecule has 3 heteroatoms. The monoisotopic (exact) mass is 255 g/mol. The summed E-state index contributed by atoms with van der Waals surface area (Å²) in [4.78, 5) is 0. The molecule has 2 rings (SSSR count). The maximum atomic E-state index is 4.07. The van der Waals surface area contributed by atoms with Gasteiger partial charge in [-0.25, -0.2) is 0 Å². The number of nitrogens with zero attached hydrogens (tertiary/aromatic N) is 2. The van der Waals surface area contributed by atoms with Gasteiger partial charge in [0.05, 0.1) is 5.69 Å². The minimum Gasteiger partial charge on any atom is -0.304 e. The van der Waals surface area contributed by atoms with Crippen molar-refractivity contribution in [3.63, 3.8) is 0 Å². The Hall–Kier alpha value is -1.74. The van der Waals surface area contributed by atoms with E-state index in [1.165, 1.54) is 11.1 Å². The van der Waals surface area contributed by atoms with Gasteiger partial charge in [-0.05, 0) is 36.1 Å². The van der Waals surface area contributed by atoms with E-state index in [-0.39, 0.29) is 0 Å². The van der Waals surface area contributed by atoms with Crippen LogP contribution < -0.4 is 5.32 Å². The lowest BCUT2D eigenvalue weighted by molar-refractivity contribution is 0.564. The van der Waals surface area contributed by atoms with E-state index in [1.807, 2.05) is 12.1 Å². The smallest absolute Gasteiger partial charge is 0.0769 e. The van der Waals surface area contributed by atoms with Gasteiger partial charge in [0.2, 0.25) is 0 Å². The van der Waals surface area contributed by atoms with Crippen molar-refractivity contribution in [2.75, 3.05) is 0 Å². The zero-order chi connectivity index (χ0) is 13.7. The third kappa shape index (κ3) is 3.86. The first kappa shape index (κ1) is 13.7. The van der Waals surface area contributed by atoms with Crippen LogP contribution in [0.3, 0.4) is 0 Å². The van der Waals surface area contributed by atoms with Gasteiger partial charge in [-0.2, -0.15) is 10.2 Å². The van der Waals surface area contributed by atoms with Crippen molar-refractivity contribution in [3.05, 3.63) is 59.4 Å². The molecule has 0 aliphatic heterocycles. The molecule has 1 unspecified atom stereocenters. The highest BCUT2D eigenvalue weighted by Gasteiger charge is 2.06. The number of aromatic nitrogens is 2. The van der Waals surface area contributed by atoms with Crippen LogP contribution in [0.2, 0.25) is 0 Å². The lowest BCUT2D eigenvalue weighted by atomic mass is 9.99. The normalized spacial score (nSPS) is 12.6. The Morgan fingerprint density at radius 3 is 2.26 bits per heavy atom. The number of nitrogens with one attached hydrogen (secondary N) is 1. The van der Waals surface area contributed by atoms with Crippen molar-refractivity contribution in [1.29, 1.82) is 0 Å². The Kier molecular flexibility index (Phi) is 4.63. The standard InChI is InChI=1S/C16H21N3/c1-12(2)14-6-8-15(9-7-14)13(3)17-11-16-5-4-10-18-19-16/h4-10,12-13,17H,11H2,1-3H3. The summed E-state index contributed by atoms with van der Waals surface area (Å²) in [5.74, 6) is 0.580. The van der Waals surface area contributed by atoms with Crippen LogP contribution in [-0.4, -0.2) is 10.2 Å². The fraction of sp³-hybridized carbons (Fsp3) is 0.375. The minimum absolute atomic E-state index is 0.309. The molecule has 0 fully saturated rings. The van der Waals surface area contributed by atoms with Crippen LogP contribution in [0.15, 0.2) is 42.6 Å². The molecular formula is C16H21N3. The zero-order valence-electron chi connectivity index (χ0n) is 11.8. The summed E-state index contributed by atoms with van der Waals surface area (Å²) in [6.45, 7) is 7.33. The Bertz CT molecular complexity index is 491. The van der Waals surface area contributed by atoms with E-state index >= 15 is 0 Å². The maximum absolute atomic E-state index is 4.07. The summed E-state index contributed by atoms with van der Waals surface area (Å²) in [5.41, 5.74) is 3.64. The third-order valence-electron chi connectivity index (χ3n) is 3.32. The maximum Gasteiger partial charge on any atom is 0.0769 e. The molecule has 0 aliphatic rings. The van der Waals surface area contributed by atoms with Gasteiger partial charge in [0.15, 0.2) is 0 Å². The van der Waals surface area contributed by atoms with Crippen LogP contribution in [-0.2, 0) is 6.54 Å². The van der Waals surface area contributed by atoms with Crippen LogP contribution in [0.5, 0.6) is 0 Å². The molecule has 0 saturated heterocycles. The van der Waals surface area contributed by atoms with Gasteiger partial charge in [-0.15, -0.1) is 0 Å². The van der Waals surface area contributed by atoms with Crippen molar-refractivity contribution in [2.45, 2.75) is 39.3 Å². The first-order chi connectivity index (χ1) is 9.16. The Balaban J connectivity index is 1.94. The van der Waals surface area contributed by atoms with Crippen LogP contribution >= 0.6 is 0 Å². The van der Waals surface area contributed by atoms with Crippen molar-refractivity contribution in [1.82, 2.24) is 15.5 Å².